The zero-order valence-corrected chi connectivity index (χ0v) is 10.6. The molecule has 5 heteroatoms. The Labute approximate surface area is 118 Å². The number of benzene rings is 2. The molecule has 0 amide bonds. The van der Waals surface area contributed by atoms with E-state index in [4.69, 9.17) is 0 Å². The van der Waals surface area contributed by atoms with Crippen molar-refractivity contribution >= 4 is 17.1 Å². The smallest absolute Gasteiger partial charge is 0.416 e. The summed E-state index contributed by atoms with van der Waals surface area (Å²) in [4.78, 5) is 12.2. The Morgan fingerprint density at radius 2 is 1.43 bits per heavy atom. The van der Waals surface area contributed by atoms with Crippen LogP contribution in [0.1, 0.15) is 27.0 Å². The van der Waals surface area contributed by atoms with Gasteiger partial charge < -0.3 is 5.11 Å². The molecule has 0 bridgehead atoms. The van der Waals surface area contributed by atoms with Gasteiger partial charge in [-0.1, -0.05) is 42.2 Å². The average Bonchev–Trinajstić information content (AvgIpc) is 2.71. The van der Waals surface area contributed by atoms with Crippen LogP contribution in [-0.4, -0.2) is 5.78 Å². The summed E-state index contributed by atoms with van der Waals surface area (Å²) in [7, 11) is 0. The van der Waals surface area contributed by atoms with Crippen LogP contribution >= 0.6 is 0 Å². The normalized spacial score (nSPS) is 14.5. The molecule has 0 saturated heterocycles. The molecule has 0 aliphatic heterocycles. The summed E-state index contributed by atoms with van der Waals surface area (Å²) in [5.41, 5.74) is -0.115. The molecular weight excluding hydrogens is 281 g/mol. The lowest BCUT2D eigenvalue weighted by Crippen LogP contribution is -2.06. The summed E-state index contributed by atoms with van der Waals surface area (Å²) >= 11 is 0. The Kier molecular flexibility index (Phi) is 2.86. The monoisotopic (exact) mass is 289 g/mol. The Bertz CT molecular complexity index is 756. The van der Waals surface area contributed by atoms with Gasteiger partial charge in [0.2, 0.25) is 0 Å². The van der Waals surface area contributed by atoms with E-state index in [9.17, 15) is 23.1 Å². The summed E-state index contributed by atoms with van der Waals surface area (Å²) in [5.74, 6) is -0.897. The standard InChI is InChI=1S/C16H9F3O2/c17-16(18,19)10-7-5-9(6-8-10)13-14(20)11-3-1-2-4-12(11)15(13)21/h1-8,20H/p-1. The van der Waals surface area contributed by atoms with Gasteiger partial charge in [0.25, 0.3) is 0 Å². The Balaban J connectivity index is 2.07. The van der Waals surface area contributed by atoms with E-state index >= 15 is 0 Å². The minimum atomic E-state index is -4.45. The molecule has 2 aromatic carbocycles. The molecule has 0 heterocycles. The summed E-state index contributed by atoms with van der Waals surface area (Å²) in [6.07, 6.45) is -4.45. The van der Waals surface area contributed by atoms with E-state index in [1.54, 1.807) is 12.1 Å². The van der Waals surface area contributed by atoms with Gasteiger partial charge in [0.05, 0.1) is 5.56 Å². The highest BCUT2D eigenvalue weighted by atomic mass is 19.4. The molecule has 2 nitrogen and oxygen atoms in total. The molecule has 106 valence electrons. The molecule has 21 heavy (non-hydrogen) atoms. The van der Waals surface area contributed by atoms with Crippen molar-refractivity contribution in [2.45, 2.75) is 6.18 Å². The molecule has 0 radical (unpaired) electrons. The van der Waals surface area contributed by atoms with E-state index in [0.717, 1.165) is 24.3 Å². The summed E-state index contributed by atoms with van der Waals surface area (Å²) in [6.45, 7) is 0. The molecule has 0 spiro atoms. The first-order chi connectivity index (χ1) is 9.89. The number of halogens is 3. The lowest BCUT2D eigenvalue weighted by atomic mass is 10.0. The molecule has 0 aromatic heterocycles. The highest BCUT2D eigenvalue weighted by Gasteiger charge is 2.31. The second-order valence-electron chi connectivity index (χ2n) is 4.65. The van der Waals surface area contributed by atoms with Gasteiger partial charge in [-0.25, -0.2) is 0 Å². The van der Waals surface area contributed by atoms with Gasteiger partial charge >= 0.3 is 6.18 Å². The van der Waals surface area contributed by atoms with Crippen molar-refractivity contribution in [1.82, 2.24) is 0 Å². The number of fused-ring (bicyclic) bond motifs is 1. The number of alkyl halides is 3. The molecule has 0 N–H and O–H groups in total. The molecule has 0 unspecified atom stereocenters. The van der Waals surface area contributed by atoms with E-state index in [0.29, 0.717) is 0 Å². The predicted octanol–water partition coefficient (Wildman–Crippen LogP) is 3.13. The first kappa shape index (κ1) is 13.4. The van der Waals surface area contributed by atoms with E-state index < -0.39 is 23.3 Å². The Hall–Kier alpha value is -2.56. The van der Waals surface area contributed by atoms with Crippen molar-refractivity contribution in [1.29, 1.82) is 0 Å². The quantitative estimate of drug-likeness (QED) is 0.809. The minimum absolute atomic E-state index is 0.0788. The second kappa shape index (κ2) is 4.48. The van der Waals surface area contributed by atoms with E-state index in [1.165, 1.54) is 12.1 Å². The lowest BCUT2D eigenvalue weighted by Gasteiger charge is -2.12. The fourth-order valence-electron chi connectivity index (χ4n) is 2.34. The number of hydrogen-bond donors (Lipinski definition) is 0. The maximum Gasteiger partial charge on any atom is 0.416 e. The van der Waals surface area contributed by atoms with Crippen molar-refractivity contribution in [3.05, 3.63) is 70.8 Å². The molecular formula is C16H8F3O2-. The zero-order chi connectivity index (χ0) is 15.2. The summed E-state index contributed by atoms with van der Waals surface area (Å²) in [6, 6.07) is 10.4. The van der Waals surface area contributed by atoms with Crippen molar-refractivity contribution in [2.75, 3.05) is 0 Å². The van der Waals surface area contributed by atoms with E-state index in [-0.39, 0.29) is 22.3 Å². The largest absolute Gasteiger partial charge is 0.872 e. The maximum absolute atomic E-state index is 12.5. The molecule has 3 rings (SSSR count). The summed E-state index contributed by atoms with van der Waals surface area (Å²) in [5, 5.41) is 12.2. The number of carbonyl (C=O) groups is 1. The molecule has 0 atom stereocenters. The SMILES string of the molecule is O=C1C(c2ccc(C(F)(F)F)cc2)=C([O-])c2ccccc21. The van der Waals surface area contributed by atoms with Crippen LogP contribution in [-0.2, 0) is 6.18 Å². The van der Waals surface area contributed by atoms with Crippen LogP contribution in [0.25, 0.3) is 11.3 Å². The number of ketones is 1. The van der Waals surface area contributed by atoms with Gasteiger partial charge in [0.1, 0.15) is 0 Å². The Morgan fingerprint density at radius 1 is 0.857 bits per heavy atom. The molecule has 1 aliphatic rings. The van der Waals surface area contributed by atoms with Crippen molar-refractivity contribution in [3.63, 3.8) is 0 Å². The summed E-state index contributed by atoms with van der Waals surface area (Å²) < 4.78 is 37.6. The van der Waals surface area contributed by atoms with Gasteiger partial charge in [-0.2, -0.15) is 13.2 Å². The van der Waals surface area contributed by atoms with Crippen LogP contribution in [0.2, 0.25) is 0 Å². The number of allylic oxidation sites excluding steroid dienone is 1. The Morgan fingerprint density at radius 3 is 1.95 bits per heavy atom. The van der Waals surface area contributed by atoms with E-state index in [2.05, 4.69) is 0 Å². The van der Waals surface area contributed by atoms with Crippen LogP contribution in [0.3, 0.4) is 0 Å². The van der Waals surface area contributed by atoms with Crippen molar-refractivity contribution in [2.24, 2.45) is 0 Å². The van der Waals surface area contributed by atoms with Crippen LogP contribution in [0, 0.1) is 0 Å². The van der Waals surface area contributed by atoms with Gasteiger partial charge in [0.15, 0.2) is 5.78 Å². The molecule has 2 aromatic rings. The van der Waals surface area contributed by atoms with Gasteiger partial charge in [-0.15, -0.1) is 0 Å². The van der Waals surface area contributed by atoms with Crippen LogP contribution in [0.5, 0.6) is 0 Å². The maximum atomic E-state index is 12.5. The van der Waals surface area contributed by atoms with E-state index in [1.807, 2.05) is 0 Å². The second-order valence-corrected chi connectivity index (χ2v) is 4.65. The lowest BCUT2D eigenvalue weighted by molar-refractivity contribution is -0.242. The van der Waals surface area contributed by atoms with Crippen molar-refractivity contribution in [3.8, 4) is 0 Å². The number of Topliss-reactive ketones (excluding diaryl/α,β-unsaturated/α-hetero) is 1. The van der Waals surface area contributed by atoms with Gasteiger partial charge in [-0.05, 0) is 23.3 Å². The van der Waals surface area contributed by atoms with Crippen molar-refractivity contribution < 1.29 is 23.1 Å². The third-order valence-electron chi connectivity index (χ3n) is 3.37. The minimum Gasteiger partial charge on any atom is -0.872 e. The number of rotatable bonds is 1. The third kappa shape index (κ3) is 2.11. The van der Waals surface area contributed by atoms with Crippen LogP contribution in [0.15, 0.2) is 48.5 Å². The fourth-order valence-corrected chi connectivity index (χ4v) is 2.34. The molecule has 1 aliphatic carbocycles. The topological polar surface area (TPSA) is 40.1 Å². The highest BCUT2D eigenvalue weighted by molar-refractivity contribution is 6.38. The van der Waals surface area contributed by atoms with Crippen LogP contribution in [0.4, 0.5) is 13.2 Å². The fraction of sp³-hybridized carbons (Fsp3) is 0.0625. The molecule has 0 saturated carbocycles. The third-order valence-corrected chi connectivity index (χ3v) is 3.37. The highest BCUT2D eigenvalue weighted by Crippen LogP contribution is 2.36. The first-order valence-corrected chi connectivity index (χ1v) is 6.12. The molecule has 0 fully saturated rings. The average molecular weight is 289 g/mol. The predicted molar refractivity (Wildman–Crippen MR) is 69.0 cm³/mol. The van der Waals surface area contributed by atoms with Crippen LogP contribution < -0.4 is 5.11 Å². The van der Waals surface area contributed by atoms with Gasteiger partial charge in [0, 0.05) is 11.1 Å². The zero-order valence-electron chi connectivity index (χ0n) is 10.6. The first-order valence-electron chi connectivity index (χ1n) is 6.12. The number of carbonyl (C=O) groups excluding carboxylic acids is 1. The number of hydrogen-bond acceptors (Lipinski definition) is 2. The van der Waals surface area contributed by atoms with Gasteiger partial charge in [-0.3, -0.25) is 4.79 Å².